The number of rotatable bonds is 64. The average Bonchev–Trinajstić information content (AvgIpc) is 0.779. The predicted molar refractivity (Wildman–Crippen MR) is 420 cm³/mol. The van der Waals surface area contributed by atoms with E-state index < -0.39 is 124 Å². The van der Waals surface area contributed by atoms with Crippen molar-refractivity contribution in [3.8, 4) is 0 Å². The first-order chi connectivity index (χ1) is 51.3. The summed E-state index contributed by atoms with van der Waals surface area (Å²) in [7, 11) is 0. The molecule has 0 aromatic rings. The lowest BCUT2D eigenvalue weighted by Crippen LogP contribution is -2.66. The molecular formula is C86H147NO18. The molecule has 3 heterocycles. The Labute approximate surface area is 633 Å². The first kappa shape index (κ1) is 95.4. The van der Waals surface area contributed by atoms with Crippen LogP contribution in [0.5, 0.6) is 0 Å². The highest BCUT2D eigenvalue weighted by Crippen LogP contribution is 2.33. The van der Waals surface area contributed by atoms with E-state index in [0.717, 1.165) is 103 Å². The number of carbonyl (C=O) groups is 1. The van der Waals surface area contributed by atoms with E-state index in [4.69, 9.17) is 28.4 Å². The van der Waals surface area contributed by atoms with Gasteiger partial charge in [0.05, 0.1) is 38.6 Å². The van der Waals surface area contributed by atoms with Crippen LogP contribution in [0.2, 0.25) is 0 Å². The fraction of sp³-hybridized carbons (Fsp3) is 0.756. The number of hydrogen-bond donors (Lipinski definition) is 12. The minimum absolute atomic E-state index is 0.226. The van der Waals surface area contributed by atoms with Gasteiger partial charge in [0.2, 0.25) is 5.91 Å². The van der Waals surface area contributed by atoms with Gasteiger partial charge in [0.1, 0.15) is 73.2 Å². The Hall–Kier alpha value is -3.81. The van der Waals surface area contributed by atoms with E-state index in [1.54, 1.807) is 6.08 Å². The summed E-state index contributed by atoms with van der Waals surface area (Å²) in [6.45, 7) is 1.61. The van der Waals surface area contributed by atoms with Crippen LogP contribution in [0.25, 0.3) is 0 Å². The quantitative estimate of drug-likeness (QED) is 0.0199. The van der Waals surface area contributed by atoms with E-state index >= 15 is 0 Å². The molecule has 0 bridgehead atoms. The molecule has 105 heavy (non-hydrogen) atoms. The molecule has 3 saturated heterocycles. The Morgan fingerprint density at radius 1 is 0.352 bits per heavy atom. The van der Waals surface area contributed by atoms with Gasteiger partial charge in [0, 0.05) is 6.42 Å². The second kappa shape index (κ2) is 65.0. The van der Waals surface area contributed by atoms with Crippen molar-refractivity contribution in [2.45, 2.75) is 388 Å². The maximum absolute atomic E-state index is 13.5. The Morgan fingerprint density at radius 3 is 1.07 bits per heavy atom. The Morgan fingerprint density at radius 2 is 0.667 bits per heavy atom. The van der Waals surface area contributed by atoms with Gasteiger partial charge in [-0.3, -0.25) is 4.79 Å². The van der Waals surface area contributed by atoms with E-state index in [1.807, 2.05) is 6.08 Å². The van der Waals surface area contributed by atoms with Crippen LogP contribution in [0.15, 0.2) is 122 Å². The average molecular weight is 1480 g/mol. The highest BCUT2D eigenvalue weighted by Gasteiger charge is 2.54. The lowest BCUT2D eigenvalue weighted by Gasteiger charge is -2.48. The largest absolute Gasteiger partial charge is 0.394 e. The van der Waals surface area contributed by atoms with Gasteiger partial charge in [-0.25, -0.2) is 0 Å². The van der Waals surface area contributed by atoms with Gasteiger partial charge in [-0.2, -0.15) is 0 Å². The molecule has 604 valence electrons. The molecule has 19 heteroatoms. The minimum Gasteiger partial charge on any atom is -0.394 e. The molecule has 3 aliphatic heterocycles. The van der Waals surface area contributed by atoms with Gasteiger partial charge < -0.3 is 89.9 Å². The molecule has 17 unspecified atom stereocenters. The van der Waals surface area contributed by atoms with Gasteiger partial charge in [-0.1, -0.05) is 296 Å². The van der Waals surface area contributed by atoms with Crippen LogP contribution >= 0.6 is 0 Å². The van der Waals surface area contributed by atoms with Crippen LogP contribution in [-0.4, -0.2) is 193 Å². The lowest BCUT2D eigenvalue weighted by atomic mass is 9.96. The fourth-order valence-corrected chi connectivity index (χ4v) is 13.1. The van der Waals surface area contributed by atoms with Crippen molar-refractivity contribution in [2.24, 2.45) is 0 Å². The molecule has 0 radical (unpaired) electrons. The van der Waals surface area contributed by atoms with Crippen molar-refractivity contribution >= 4 is 5.91 Å². The Balaban J connectivity index is 1.36. The van der Waals surface area contributed by atoms with E-state index in [-0.39, 0.29) is 18.9 Å². The number of amides is 1. The zero-order valence-electron chi connectivity index (χ0n) is 64.7. The SMILES string of the molecule is CC/C=C\C/C=C\C/C=C\C/C=C\C/C=C\C/C=C\C/C=C\CCCCCCCCCCCCCCCCCC(=O)NC(COC1OC(CO)C(OC2OC(CO)C(OC3OC(CO)C(O)C(O)C3O)C(O)C2O)C(O)C1O)C(O)/C=C/CC/C=C/CC/C=C/CCCCCCCCCCCCCCC. The number of nitrogens with one attached hydrogen (secondary N) is 1. The first-order valence-electron chi connectivity index (χ1n) is 41.3. The number of allylic oxidation sites excluding steroid dienone is 19. The van der Waals surface area contributed by atoms with Gasteiger partial charge in [0.25, 0.3) is 0 Å². The summed E-state index contributed by atoms with van der Waals surface area (Å²) in [6.07, 6.45) is 64.7. The fourth-order valence-electron chi connectivity index (χ4n) is 13.1. The molecule has 3 aliphatic rings. The molecule has 0 aliphatic carbocycles. The van der Waals surface area contributed by atoms with Crippen LogP contribution in [0, 0.1) is 0 Å². The van der Waals surface area contributed by atoms with Gasteiger partial charge in [-0.15, -0.1) is 0 Å². The van der Waals surface area contributed by atoms with Gasteiger partial charge in [0.15, 0.2) is 18.9 Å². The predicted octanol–water partition coefficient (Wildman–Crippen LogP) is 14.3. The molecule has 19 nitrogen and oxygen atoms in total. The lowest BCUT2D eigenvalue weighted by molar-refractivity contribution is -0.379. The third-order valence-electron chi connectivity index (χ3n) is 19.7. The van der Waals surface area contributed by atoms with Gasteiger partial charge >= 0.3 is 0 Å². The third-order valence-corrected chi connectivity index (χ3v) is 19.7. The third kappa shape index (κ3) is 44.6. The first-order valence-corrected chi connectivity index (χ1v) is 41.3. The zero-order valence-corrected chi connectivity index (χ0v) is 64.7. The molecular weight excluding hydrogens is 1330 g/mol. The second-order valence-electron chi connectivity index (χ2n) is 28.8. The molecule has 0 aromatic carbocycles. The Bertz CT molecular complexity index is 2370. The van der Waals surface area contributed by atoms with Crippen molar-refractivity contribution in [1.82, 2.24) is 5.32 Å². The Kier molecular flexibility index (Phi) is 59.0. The molecule has 12 N–H and O–H groups in total. The number of hydrogen-bond acceptors (Lipinski definition) is 18. The molecule has 3 fully saturated rings. The second-order valence-corrected chi connectivity index (χ2v) is 28.8. The van der Waals surface area contributed by atoms with Crippen LogP contribution < -0.4 is 5.32 Å². The minimum atomic E-state index is -1.99. The molecule has 0 saturated carbocycles. The standard InChI is InChI=1S/C86H147NO18/c1-3-5-7-9-11-13-15-17-19-21-23-25-27-28-29-30-31-32-33-34-35-36-37-38-39-40-42-44-46-48-50-52-54-56-58-60-62-64-74(92)87-69(70(91)63-61-59-57-55-53-51-49-47-45-43-41-26-24-22-20-18-16-14-12-10-8-6-4-2)68-100-84-80(98)77(95)82(72(66-89)102-84)105-86-81(99)78(96)83(73(67-90)103-86)104-85-79(97)76(94)75(93)71(65-88)101-85/h5,7,11,13,17,19,23,25,28-29,31-32,34-35,45,47,53,55,61,63,69-73,75-86,88-91,93-99H,3-4,6,8-10,12,14-16,18,20-22,24,26-27,30,33,36-44,46,48-52,54,56-60,62,64-68H2,1-2H3,(H,87,92)/b7-5-,13-11-,19-17-,25-23-,29-28-,32-31-,35-34-,47-45+,55-53+,63-61+. The summed E-state index contributed by atoms with van der Waals surface area (Å²) in [4.78, 5) is 13.5. The summed E-state index contributed by atoms with van der Waals surface area (Å²) in [6, 6.07) is -1.00. The maximum Gasteiger partial charge on any atom is 0.220 e. The topological polar surface area (TPSA) is 307 Å². The molecule has 3 rings (SSSR count). The van der Waals surface area contributed by atoms with Crippen molar-refractivity contribution in [3.63, 3.8) is 0 Å². The normalized spacial score (nSPS) is 26.4. The van der Waals surface area contributed by atoms with E-state index in [1.165, 1.54) is 148 Å². The highest BCUT2D eigenvalue weighted by molar-refractivity contribution is 5.76. The van der Waals surface area contributed by atoms with E-state index in [2.05, 4.69) is 129 Å². The smallest absolute Gasteiger partial charge is 0.220 e. The number of aliphatic hydroxyl groups excluding tert-OH is 11. The van der Waals surface area contributed by atoms with E-state index in [0.29, 0.717) is 12.8 Å². The van der Waals surface area contributed by atoms with Gasteiger partial charge in [-0.05, 0) is 103 Å². The molecule has 0 aromatic heterocycles. The van der Waals surface area contributed by atoms with Crippen molar-refractivity contribution in [3.05, 3.63) is 122 Å². The zero-order chi connectivity index (χ0) is 76.0. The monoisotopic (exact) mass is 1480 g/mol. The van der Waals surface area contributed by atoms with Crippen molar-refractivity contribution in [1.29, 1.82) is 0 Å². The summed E-state index contributed by atoms with van der Waals surface area (Å²) in [5, 5.41) is 121. The van der Waals surface area contributed by atoms with Crippen molar-refractivity contribution < 1.29 is 89.4 Å². The number of carbonyl (C=O) groups excluding carboxylic acids is 1. The number of aliphatic hydroxyl groups is 11. The van der Waals surface area contributed by atoms with Crippen LogP contribution in [0.4, 0.5) is 0 Å². The molecule has 0 spiro atoms. The van der Waals surface area contributed by atoms with Crippen LogP contribution in [0.1, 0.15) is 284 Å². The van der Waals surface area contributed by atoms with Crippen LogP contribution in [-0.2, 0) is 33.2 Å². The highest BCUT2D eigenvalue weighted by atomic mass is 16.8. The molecule has 17 atom stereocenters. The number of unbranched alkanes of at least 4 members (excludes halogenated alkanes) is 30. The summed E-state index contributed by atoms with van der Waals surface area (Å²) >= 11 is 0. The van der Waals surface area contributed by atoms with E-state index in [9.17, 15) is 61.0 Å². The summed E-state index contributed by atoms with van der Waals surface area (Å²) < 4.78 is 34.4. The summed E-state index contributed by atoms with van der Waals surface area (Å²) in [5.74, 6) is -0.292. The maximum atomic E-state index is 13.5. The van der Waals surface area contributed by atoms with Crippen LogP contribution in [0.3, 0.4) is 0 Å². The number of ether oxygens (including phenoxy) is 6. The summed E-state index contributed by atoms with van der Waals surface area (Å²) in [5.41, 5.74) is 0. The van der Waals surface area contributed by atoms with Crippen molar-refractivity contribution in [2.75, 3.05) is 26.4 Å². The molecule has 1 amide bonds.